The monoisotopic (exact) mass is 301 g/mol. The summed E-state index contributed by atoms with van der Waals surface area (Å²) >= 11 is 0. The molecule has 1 heterocycles. The zero-order valence-corrected chi connectivity index (χ0v) is 14.1. The van der Waals surface area contributed by atoms with Crippen LogP contribution in [0.2, 0.25) is 0 Å². The molecule has 22 heavy (non-hydrogen) atoms. The fourth-order valence-electron chi connectivity index (χ4n) is 2.02. The number of nitrogens with one attached hydrogen (secondary N) is 1. The Morgan fingerprint density at radius 3 is 2.18 bits per heavy atom. The van der Waals surface area contributed by atoms with E-state index in [0.717, 1.165) is 11.8 Å². The normalized spacial score (nSPS) is 9.82. The van der Waals surface area contributed by atoms with Crippen LogP contribution in [0, 0.1) is 0 Å². The minimum Gasteiger partial charge on any atom is -0.858 e. The van der Waals surface area contributed by atoms with Crippen LogP contribution in [0.15, 0.2) is 71.5 Å². The Morgan fingerprint density at radius 2 is 1.55 bits per heavy atom. The second-order valence-corrected chi connectivity index (χ2v) is 4.42. The predicted octanol–water partition coefficient (Wildman–Crippen LogP) is -0.946. The van der Waals surface area contributed by atoms with Crippen molar-refractivity contribution in [2.75, 3.05) is 5.32 Å². The van der Waals surface area contributed by atoms with E-state index in [0.29, 0.717) is 5.69 Å². The number of hydrogen-bond donors (Lipinski definition) is 1. The number of hydrogen-bond acceptors (Lipinski definition) is 4. The Hall–Kier alpha value is -2.08. The molecule has 1 N–H and O–H groups in total. The molecule has 0 radical (unpaired) electrons. The minimum atomic E-state index is -0.564. The second kappa shape index (κ2) is 7.26. The molecule has 0 aliphatic rings. The molecule has 0 atom stereocenters. The summed E-state index contributed by atoms with van der Waals surface area (Å²) in [6.07, 6.45) is 0. The van der Waals surface area contributed by atoms with E-state index in [1.54, 1.807) is 12.1 Å². The van der Waals surface area contributed by atoms with E-state index in [1.165, 1.54) is 4.57 Å². The zero-order chi connectivity index (χ0) is 14.7. The number of rotatable bonds is 3. The van der Waals surface area contributed by atoms with Gasteiger partial charge in [-0.05, 0) is 30.1 Å². The molecule has 104 valence electrons. The summed E-state index contributed by atoms with van der Waals surface area (Å²) in [5.74, 6) is -0.365. The molecule has 2 aromatic carbocycles. The first kappa shape index (κ1) is 16.3. The summed E-state index contributed by atoms with van der Waals surface area (Å²) in [6, 6.07) is 19.3. The van der Waals surface area contributed by atoms with Crippen LogP contribution in [-0.2, 0) is 0 Å². The van der Waals surface area contributed by atoms with Gasteiger partial charge in [-0.2, -0.15) is 0 Å². The van der Waals surface area contributed by atoms with E-state index < -0.39 is 11.4 Å². The van der Waals surface area contributed by atoms with Crippen molar-refractivity contribution in [1.29, 1.82) is 0 Å². The van der Waals surface area contributed by atoms with E-state index >= 15 is 0 Å². The number of aromatic nitrogens is 2. The Morgan fingerprint density at radius 1 is 0.955 bits per heavy atom. The van der Waals surface area contributed by atoms with Gasteiger partial charge in [-0.3, -0.25) is 4.79 Å². The van der Waals surface area contributed by atoms with E-state index in [9.17, 15) is 9.90 Å². The van der Waals surface area contributed by atoms with Crippen LogP contribution in [0.4, 0.5) is 11.6 Å². The van der Waals surface area contributed by atoms with Crippen LogP contribution in [0.25, 0.3) is 5.69 Å². The largest absolute Gasteiger partial charge is 1.00 e. The minimum absolute atomic E-state index is 0. The zero-order valence-electron chi connectivity index (χ0n) is 12.1. The smallest absolute Gasteiger partial charge is 0.858 e. The first-order chi connectivity index (χ1) is 10.2. The first-order valence-electron chi connectivity index (χ1n) is 6.42. The number of anilines is 2. The van der Waals surface area contributed by atoms with Crippen molar-refractivity contribution in [3.05, 3.63) is 77.1 Å². The van der Waals surface area contributed by atoms with E-state index in [-0.39, 0.29) is 35.5 Å². The number of para-hydroxylation sites is 2. The molecular weight excluding hydrogens is 289 g/mol. The van der Waals surface area contributed by atoms with Gasteiger partial charge in [0.1, 0.15) is 0 Å². The van der Waals surface area contributed by atoms with Gasteiger partial charge in [0.2, 0.25) is 5.95 Å². The molecule has 0 aliphatic heterocycles. The maximum atomic E-state index is 12.1. The van der Waals surface area contributed by atoms with Crippen molar-refractivity contribution in [1.82, 2.24) is 9.55 Å². The molecule has 3 rings (SSSR count). The van der Waals surface area contributed by atoms with Crippen molar-refractivity contribution in [2.24, 2.45) is 0 Å². The van der Waals surface area contributed by atoms with Crippen LogP contribution in [0.5, 0.6) is 5.88 Å². The van der Waals surface area contributed by atoms with Crippen LogP contribution >= 0.6 is 0 Å². The maximum Gasteiger partial charge on any atom is 1.00 e. The summed E-state index contributed by atoms with van der Waals surface area (Å²) < 4.78 is 1.37. The second-order valence-electron chi connectivity index (χ2n) is 4.42. The van der Waals surface area contributed by atoms with Crippen LogP contribution in [0.3, 0.4) is 0 Å². The fourth-order valence-corrected chi connectivity index (χ4v) is 2.02. The third-order valence-electron chi connectivity index (χ3n) is 2.94. The van der Waals surface area contributed by atoms with Crippen LogP contribution in [-0.4, -0.2) is 9.55 Å². The van der Waals surface area contributed by atoms with Gasteiger partial charge in [-0.25, -0.2) is 9.55 Å². The van der Waals surface area contributed by atoms with Gasteiger partial charge >= 0.3 is 29.6 Å². The SMILES string of the molecule is O=c1cc([O-])nc(Nc2ccccc2)n1-c1ccccc1.[Na+]. The number of benzene rings is 2. The Kier molecular flexibility index (Phi) is 5.38. The fraction of sp³-hybridized carbons (Fsp3) is 0. The molecule has 0 spiro atoms. The van der Waals surface area contributed by atoms with Crippen molar-refractivity contribution < 1.29 is 34.7 Å². The third-order valence-corrected chi connectivity index (χ3v) is 2.94. The van der Waals surface area contributed by atoms with E-state index in [4.69, 9.17) is 0 Å². The van der Waals surface area contributed by atoms with E-state index in [1.807, 2.05) is 48.5 Å². The molecule has 0 aliphatic carbocycles. The maximum absolute atomic E-state index is 12.1. The summed E-state index contributed by atoms with van der Waals surface area (Å²) in [4.78, 5) is 16.0. The summed E-state index contributed by atoms with van der Waals surface area (Å²) in [7, 11) is 0. The first-order valence-corrected chi connectivity index (χ1v) is 6.42. The average Bonchev–Trinajstić information content (AvgIpc) is 2.48. The molecule has 0 unspecified atom stereocenters. The van der Waals surface area contributed by atoms with Gasteiger partial charge in [0.15, 0.2) is 0 Å². The summed E-state index contributed by atoms with van der Waals surface area (Å²) in [5.41, 5.74) is 0.979. The molecule has 0 saturated heterocycles. The van der Waals surface area contributed by atoms with Crippen molar-refractivity contribution in [2.45, 2.75) is 0 Å². The van der Waals surface area contributed by atoms with E-state index in [2.05, 4.69) is 10.3 Å². The molecule has 0 saturated carbocycles. The molecule has 1 aromatic heterocycles. The van der Waals surface area contributed by atoms with Gasteiger partial charge in [0, 0.05) is 11.8 Å². The summed E-state index contributed by atoms with van der Waals surface area (Å²) in [6.45, 7) is 0. The topological polar surface area (TPSA) is 70.0 Å². The molecule has 0 fully saturated rings. The molecule has 5 nitrogen and oxygen atoms in total. The van der Waals surface area contributed by atoms with Gasteiger partial charge in [-0.15, -0.1) is 0 Å². The third kappa shape index (κ3) is 3.57. The standard InChI is InChI=1S/C16H13N3O2.Na/c20-14-11-15(21)19(13-9-5-2-6-10-13)16(18-14)17-12-7-3-1-4-8-12;/h1-11,20H,(H,17,18);/q;+1/p-1. The van der Waals surface area contributed by atoms with Crippen LogP contribution in [0.1, 0.15) is 0 Å². The molecule has 6 heteroatoms. The Labute approximate surface area is 149 Å². The van der Waals surface area contributed by atoms with Crippen LogP contribution < -0.4 is 45.5 Å². The van der Waals surface area contributed by atoms with Gasteiger partial charge < -0.3 is 10.4 Å². The van der Waals surface area contributed by atoms with Gasteiger partial charge in [0.25, 0.3) is 5.56 Å². The Balaban J connectivity index is 0.00000176. The van der Waals surface area contributed by atoms with Crippen molar-refractivity contribution in [3.63, 3.8) is 0 Å². The van der Waals surface area contributed by atoms with Gasteiger partial charge in [0.05, 0.1) is 5.69 Å². The molecule has 0 amide bonds. The molecule has 0 bridgehead atoms. The van der Waals surface area contributed by atoms with Gasteiger partial charge in [-0.1, -0.05) is 36.4 Å². The van der Waals surface area contributed by atoms with Crippen molar-refractivity contribution >= 4 is 11.6 Å². The Bertz CT molecular complexity index is 805. The van der Waals surface area contributed by atoms with Crippen molar-refractivity contribution in [3.8, 4) is 11.6 Å². The average molecular weight is 301 g/mol. The summed E-state index contributed by atoms with van der Waals surface area (Å²) in [5, 5.41) is 14.5. The quantitative estimate of drug-likeness (QED) is 0.634. The molecular formula is C16H12N3NaO2. The number of nitrogens with zero attached hydrogens (tertiary/aromatic N) is 2. The molecule has 3 aromatic rings. The predicted molar refractivity (Wildman–Crippen MR) is 79.0 cm³/mol.